The molecule has 0 saturated carbocycles. The molecule has 1 amide bonds. The zero-order valence-corrected chi connectivity index (χ0v) is 15.1. The van der Waals surface area contributed by atoms with Crippen LogP contribution in [0.5, 0.6) is 5.75 Å². The Morgan fingerprint density at radius 1 is 1.08 bits per heavy atom. The number of amides is 1. The van der Waals surface area contributed by atoms with Crippen LogP contribution < -0.4 is 5.43 Å². The summed E-state index contributed by atoms with van der Waals surface area (Å²) in [4.78, 5) is 11.9. The van der Waals surface area contributed by atoms with Gasteiger partial charge in [-0.1, -0.05) is 63.2 Å². The number of para-hydroxylation sites is 1. The molecule has 0 fully saturated rings. The number of carbonyl (C=O) groups excluding carboxylic acids is 1. The smallest absolute Gasteiger partial charge is 0.275 e. The maximum absolute atomic E-state index is 11.9. The topological polar surface area (TPSA) is 61.7 Å². The fourth-order valence-corrected chi connectivity index (χ4v) is 2.30. The van der Waals surface area contributed by atoms with Crippen molar-refractivity contribution in [3.63, 3.8) is 0 Å². The number of allylic oxidation sites excluding steroid dienone is 1. The lowest BCUT2D eigenvalue weighted by Crippen LogP contribution is -2.17. The van der Waals surface area contributed by atoms with E-state index in [-0.39, 0.29) is 16.7 Å². The first kappa shape index (κ1) is 18.5. The monoisotopic (exact) mass is 336 g/mol. The van der Waals surface area contributed by atoms with Crippen molar-refractivity contribution < 1.29 is 9.90 Å². The second-order valence-corrected chi connectivity index (χ2v) is 6.98. The molecule has 2 rings (SSSR count). The maximum atomic E-state index is 11.9. The van der Waals surface area contributed by atoms with Crippen LogP contribution in [-0.4, -0.2) is 17.2 Å². The first-order valence-electron chi connectivity index (χ1n) is 8.17. The first-order chi connectivity index (χ1) is 11.8. The molecule has 0 aliphatic heterocycles. The largest absolute Gasteiger partial charge is 0.507 e. The molecule has 0 atom stereocenters. The van der Waals surface area contributed by atoms with Crippen molar-refractivity contribution in [1.29, 1.82) is 0 Å². The number of nitrogens with zero attached hydrogens (tertiary/aromatic N) is 1. The van der Waals surface area contributed by atoms with Crippen LogP contribution in [0.15, 0.2) is 59.2 Å². The van der Waals surface area contributed by atoms with Crippen LogP contribution in [-0.2, 0) is 5.41 Å². The second-order valence-electron chi connectivity index (χ2n) is 6.98. The third-order valence-electron chi connectivity index (χ3n) is 3.75. The summed E-state index contributed by atoms with van der Waals surface area (Å²) in [7, 11) is 0. The molecule has 2 N–H and O–H groups in total. The molecular formula is C21H24N2O2. The number of rotatable bonds is 4. The van der Waals surface area contributed by atoms with Gasteiger partial charge in [0.1, 0.15) is 5.75 Å². The Bertz CT molecular complexity index is 797. The van der Waals surface area contributed by atoms with Gasteiger partial charge in [0.05, 0.1) is 11.8 Å². The predicted octanol–water partition coefficient (Wildman–Crippen LogP) is 4.51. The van der Waals surface area contributed by atoms with Gasteiger partial charge in [-0.15, -0.1) is 0 Å². The quantitative estimate of drug-likeness (QED) is 0.637. The number of hydrogen-bond acceptors (Lipinski definition) is 3. The molecule has 130 valence electrons. The lowest BCUT2D eigenvalue weighted by atomic mass is 9.86. The molecular weight excluding hydrogens is 312 g/mol. The van der Waals surface area contributed by atoms with E-state index in [4.69, 9.17) is 0 Å². The van der Waals surface area contributed by atoms with Gasteiger partial charge in [0.2, 0.25) is 0 Å². The zero-order chi connectivity index (χ0) is 18.4. The van der Waals surface area contributed by atoms with Crippen molar-refractivity contribution in [3.8, 4) is 5.75 Å². The van der Waals surface area contributed by atoms with E-state index in [2.05, 4.69) is 55.6 Å². The SMILES string of the molecule is CC(C=NNC(=O)c1ccccc1O)=Cc1ccc(C(C)(C)C)cc1. The lowest BCUT2D eigenvalue weighted by molar-refractivity contribution is 0.0952. The fourth-order valence-electron chi connectivity index (χ4n) is 2.30. The van der Waals surface area contributed by atoms with E-state index >= 15 is 0 Å². The van der Waals surface area contributed by atoms with Gasteiger partial charge in [-0.2, -0.15) is 5.10 Å². The minimum absolute atomic E-state index is 0.0681. The number of benzene rings is 2. The molecule has 0 unspecified atom stereocenters. The highest BCUT2D eigenvalue weighted by Gasteiger charge is 2.12. The molecule has 0 aliphatic carbocycles. The molecule has 0 radical (unpaired) electrons. The van der Waals surface area contributed by atoms with Crippen molar-refractivity contribution in [2.75, 3.05) is 0 Å². The Morgan fingerprint density at radius 3 is 2.32 bits per heavy atom. The Hall–Kier alpha value is -2.88. The number of hydrogen-bond donors (Lipinski definition) is 2. The average molecular weight is 336 g/mol. The first-order valence-corrected chi connectivity index (χ1v) is 8.17. The summed E-state index contributed by atoms with van der Waals surface area (Å²) in [5.74, 6) is -0.516. The molecule has 0 aromatic heterocycles. The zero-order valence-electron chi connectivity index (χ0n) is 15.1. The minimum Gasteiger partial charge on any atom is -0.507 e. The molecule has 0 saturated heterocycles. The molecule has 25 heavy (non-hydrogen) atoms. The third-order valence-corrected chi connectivity index (χ3v) is 3.75. The molecule has 4 nitrogen and oxygen atoms in total. The number of phenolic OH excluding ortho intramolecular Hbond substituents is 1. The Labute approximate surface area is 148 Å². The number of hydrazone groups is 1. The van der Waals surface area contributed by atoms with Crippen LogP contribution in [0.3, 0.4) is 0 Å². The van der Waals surface area contributed by atoms with Gasteiger partial charge in [0.15, 0.2) is 0 Å². The highest BCUT2D eigenvalue weighted by Crippen LogP contribution is 2.22. The van der Waals surface area contributed by atoms with Gasteiger partial charge in [-0.05, 0) is 41.2 Å². The summed E-state index contributed by atoms with van der Waals surface area (Å²) in [6.45, 7) is 8.46. The highest BCUT2D eigenvalue weighted by atomic mass is 16.3. The third kappa shape index (κ3) is 5.31. The van der Waals surface area contributed by atoms with E-state index in [1.54, 1.807) is 24.4 Å². The van der Waals surface area contributed by atoms with Crippen molar-refractivity contribution in [1.82, 2.24) is 5.43 Å². The Kier molecular flexibility index (Phi) is 5.75. The number of carbonyl (C=O) groups is 1. The van der Waals surface area contributed by atoms with Crippen molar-refractivity contribution in [2.45, 2.75) is 33.1 Å². The van der Waals surface area contributed by atoms with Crippen molar-refractivity contribution in [3.05, 3.63) is 70.8 Å². The molecule has 0 bridgehead atoms. The average Bonchev–Trinajstić information content (AvgIpc) is 2.54. The van der Waals surface area contributed by atoms with Crippen LogP contribution >= 0.6 is 0 Å². The van der Waals surface area contributed by atoms with Gasteiger partial charge < -0.3 is 5.11 Å². The highest BCUT2D eigenvalue weighted by molar-refractivity contribution is 5.97. The normalized spacial score (nSPS) is 12.4. The number of aromatic hydroxyl groups is 1. The molecule has 4 heteroatoms. The summed E-state index contributed by atoms with van der Waals surface area (Å²) in [6.07, 6.45) is 3.57. The van der Waals surface area contributed by atoms with Crippen LogP contribution in [0.2, 0.25) is 0 Å². The second kappa shape index (κ2) is 7.79. The van der Waals surface area contributed by atoms with E-state index in [0.29, 0.717) is 0 Å². The lowest BCUT2D eigenvalue weighted by Gasteiger charge is -2.18. The summed E-state index contributed by atoms with van der Waals surface area (Å²) in [6, 6.07) is 14.7. The summed E-state index contributed by atoms with van der Waals surface area (Å²) < 4.78 is 0. The Morgan fingerprint density at radius 2 is 1.72 bits per heavy atom. The van der Waals surface area contributed by atoms with Gasteiger partial charge in [0, 0.05) is 0 Å². The van der Waals surface area contributed by atoms with Crippen LogP contribution in [0.25, 0.3) is 6.08 Å². The van der Waals surface area contributed by atoms with E-state index in [1.807, 2.05) is 13.0 Å². The van der Waals surface area contributed by atoms with E-state index < -0.39 is 5.91 Å². The summed E-state index contributed by atoms with van der Waals surface area (Å²) in [5, 5.41) is 13.6. The number of nitrogens with one attached hydrogen (secondary N) is 1. The summed E-state index contributed by atoms with van der Waals surface area (Å²) >= 11 is 0. The van der Waals surface area contributed by atoms with Gasteiger partial charge in [-0.25, -0.2) is 5.43 Å². The Balaban J connectivity index is 2.00. The standard InChI is InChI=1S/C21H24N2O2/c1-15(13-16-9-11-17(12-10-16)21(2,3)4)14-22-23-20(25)18-7-5-6-8-19(18)24/h5-14,24H,1-4H3,(H,23,25). The number of phenols is 1. The van der Waals surface area contributed by atoms with Crippen LogP contribution in [0.1, 0.15) is 49.2 Å². The van der Waals surface area contributed by atoms with Gasteiger partial charge in [-0.3, -0.25) is 4.79 Å². The molecule has 0 heterocycles. The van der Waals surface area contributed by atoms with Crippen molar-refractivity contribution in [2.24, 2.45) is 5.10 Å². The molecule has 2 aromatic carbocycles. The molecule has 2 aromatic rings. The van der Waals surface area contributed by atoms with Crippen LogP contribution in [0, 0.1) is 0 Å². The van der Waals surface area contributed by atoms with E-state index in [1.165, 1.54) is 11.6 Å². The van der Waals surface area contributed by atoms with Crippen molar-refractivity contribution >= 4 is 18.2 Å². The van der Waals surface area contributed by atoms with E-state index in [0.717, 1.165) is 11.1 Å². The van der Waals surface area contributed by atoms with Crippen LogP contribution in [0.4, 0.5) is 0 Å². The van der Waals surface area contributed by atoms with E-state index in [9.17, 15) is 9.90 Å². The predicted molar refractivity (Wildman–Crippen MR) is 103 cm³/mol. The fraction of sp³-hybridized carbons (Fsp3) is 0.238. The van der Waals surface area contributed by atoms with Gasteiger partial charge in [0.25, 0.3) is 5.91 Å². The summed E-state index contributed by atoms with van der Waals surface area (Å²) in [5.41, 5.74) is 6.00. The minimum atomic E-state index is -0.448. The molecule has 0 aliphatic rings. The molecule has 0 spiro atoms. The van der Waals surface area contributed by atoms with Gasteiger partial charge >= 0.3 is 0 Å². The maximum Gasteiger partial charge on any atom is 0.275 e.